The molecule has 0 aliphatic carbocycles. The summed E-state index contributed by atoms with van der Waals surface area (Å²) in [6, 6.07) is 33.8. The number of hydrogen-bond donors (Lipinski definition) is 0. The van der Waals surface area contributed by atoms with Crippen LogP contribution >= 0.6 is 0 Å². The van der Waals surface area contributed by atoms with E-state index in [4.69, 9.17) is 18.9 Å². The lowest BCUT2D eigenvalue weighted by Gasteiger charge is -2.17. The lowest BCUT2D eigenvalue weighted by atomic mass is 9.95. The van der Waals surface area contributed by atoms with E-state index in [2.05, 4.69) is 84.9 Å². The number of rotatable bonds is 10. The Balaban J connectivity index is 1.36. The van der Waals surface area contributed by atoms with Crippen molar-refractivity contribution in [2.24, 2.45) is 0 Å². The average molecular weight is 465 g/mol. The third kappa shape index (κ3) is 5.56. The minimum absolute atomic E-state index is 0.204. The van der Waals surface area contributed by atoms with Crippen molar-refractivity contribution in [2.45, 2.75) is 18.6 Å². The molecule has 35 heavy (non-hydrogen) atoms. The summed E-state index contributed by atoms with van der Waals surface area (Å²) in [6.45, 7) is 2.70. The van der Waals surface area contributed by atoms with E-state index in [0.29, 0.717) is 19.6 Å². The molecule has 4 aromatic carbocycles. The van der Waals surface area contributed by atoms with Gasteiger partial charge >= 0.3 is 0 Å². The maximum absolute atomic E-state index is 6.20. The van der Waals surface area contributed by atoms with Crippen LogP contribution in [0.5, 0.6) is 11.5 Å². The molecule has 2 heterocycles. The van der Waals surface area contributed by atoms with E-state index in [1.165, 1.54) is 22.3 Å². The molecule has 0 bridgehead atoms. The Morgan fingerprint density at radius 2 is 0.971 bits per heavy atom. The van der Waals surface area contributed by atoms with E-state index >= 15 is 0 Å². The Morgan fingerprint density at radius 1 is 0.543 bits per heavy atom. The van der Waals surface area contributed by atoms with Crippen molar-refractivity contribution >= 4 is 0 Å². The van der Waals surface area contributed by atoms with Crippen LogP contribution in [0.25, 0.3) is 22.3 Å². The lowest BCUT2D eigenvalue weighted by Crippen LogP contribution is -2.08. The molecule has 0 amide bonds. The molecule has 2 aliphatic rings. The summed E-state index contributed by atoms with van der Waals surface area (Å²) < 4.78 is 23.1. The quantitative estimate of drug-likeness (QED) is 0.263. The number of epoxide rings is 2. The van der Waals surface area contributed by atoms with Gasteiger partial charge in [-0.1, -0.05) is 72.8 Å². The Labute approximate surface area is 206 Å². The molecular weight excluding hydrogens is 436 g/mol. The number of ether oxygens (including phenoxy) is 4. The highest BCUT2D eigenvalue weighted by Crippen LogP contribution is 2.34. The summed E-state index contributed by atoms with van der Waals surface area (Å²) in [6.07, 6.45) is 1.11. The maximum Gasteiger partial charge on any atom is 0.123 e. The zero-order chi connectivity index (χ0) is 23.5. The van der Waals surface area contributed by atoms with Gasteiger partial charge in [0, 0.05) is 6.42 Å². The second-order valence-corrected chi connectivity index (χ2v) is 9.09. The van der Waals surface area contributed by atoms with Gasteiger partial charge in [0.1, 0.15) is 36.9 Å². The van der Waals surface area contributed by atoms with Gasteiger partial charge in [0.2, 0.25) is 0 Å². The van der Waals surface area contributed by atoms with E-state index in [9.17, 15) is 0 Å². The zero-order valence-electron chi connectivity index (χ0n) is 19.6. The Hall–Kier alpha value is -3.60. The van der Waals surface area contributed by atoms with Gasteiger partial charge in [-0.2, -0.15) is 0 Å². The summed E-state index contributed by atoms with van der Waals surface area (Å²) in [7, 11) is 0. The van der Waals surface area contributed by atoms with Gasteiger partial charge in [-0.25, -0.2) is 0 Å². The van der Waals surface area contributed by atoms with Gasteiger partial charge in [-0.3, -0.25) is 0 Å². The molecule has 0 aromatic heterocycles. The highest BCUT2D eigenvalue weighted by Gasteiger charge is 2.25. The molecule has 2 aliphatic heterocycles. The number of benzene rings is 4. The van der Waals surface area contributed by atoms with Crippen LogP contribution in [0.15, 0.2) is 97.1 Å². The second-order valence-electron chi connectivity index (χ2n) is 9.09. The third-order valence-corrected chi connectivity index (χ3v) is 6.37. The first-order valence-electron chi connectivity index (χ1n) is 12.2. The van der Waals surface area contributed by atoms with Gasteiger partial charge in [-0.05, 0) is 57.6 Å². The largest absolute Gasteiger partial charge is 0.490 e. The van der Waals surface area contributed by atoms with Crippen molar-refractivity contribution in [3.63, 3.8) is 0 Å². The molecule has 4 nitrogen and oxygen atoms in total. The minimum atomic E-state index is 0.204. The van der Waals surface area contributed by atoms with E-state index in [1.54, 1.807) is 0 Å². The molecule has 0 radical (unpaired) electrons. The van der Waals surface area contributed by atoms with Gasteiger partial charge < -0.3 is 18.9 Å². The highest BCUT2D eigenvalue weighted by atomic mass is 16.6. The van der Waals surface area contributed by atoms with Crippen molar-refractivity contribution < 1.29 is 18.9 Å². The summed E-state index contributed by atoms with van der Waals surface area (Å²) in [4.78, 5) is 0. The van der Waals surface area contributed by atoms with Crippen LogP contribution in [0.1, 0.15) is 11.1 Å². The van der Waals surface area contributed by atoms with Crippen LogP contribution in [0, 0.1) is 0 Å². The van der Waals surface area contributed by atoms with Crippen LogP contribution in [0.2, 0.25) is 0 Å². The first-order chi connectivity index (χ1) is 17.3. The van der Waals surface area contributed by atoms with E-state index in [0.717, 1.165) is 35.8 Å². The second kappa shape index (κ2) is 9.95. The van der Waals surface area contributed by atoms with Gasteiger partial charge in [0.15, 0.2) is 0 Å². The summed E-state index contributed by atoms with van der Waals surface area (Å²) >= 11 is 0. The highest BCUT2D eigenvalue weighted by molar-refractivity contribution is 5.68. The van der Waals surface area contributed by atoms with Crippen LogP contribution in [0.3, 0.4) is 0 Å². The molecule has 176 valence electrons. The fourth-order valence-corrected chi connectivity index (χ4v) is 4.24. The smallest absolute Gasteiger partial charge is 0.123 e. The van der Waals surface area contributed by atoms with Crippen LogP contribution in [-0.2, 0) is 15.9 Å². The van der Waals surface area contributed by atoms with Gasteiger partial charge in [0.05, 0.1) is 13.2 Å². The average Bonchev–Trinajstić information content (AvgIpc) is 3.84. The summed E-state index contributed by atoms with van der Waals surface area (Å²) in [5.74, 6) is 1.78. The molecule has 2 atom stereocenters. The zero-order valence-corrected chi connectivity index (χ0v) is 19.6. The van der Waals surface area contributed by atoms with Crippen LogP contribution in [-0.4, -0.2) is 38.6 Å². The molecule has 4 aromatic rings. The standard InChI is InChI=1S/C31H28O4/c1-3-7-22(8-4-1)24-11-13-30(34-20-28-18-32-28)26(15-24)17-27-16-25(23-9-5-2-6-10-23)12-14-31(27)35-21-29-19-33-29/h1-16,28-29H,17-21H2. The fourth-order valence-electron chi connectivity index (χ4n) is 4.24. The molecule has 0 N–H and O–H groups in total. The fraction of sp³-hybridized carbons (Fsp3) is 0.226. The normalized spacial score (nSPS) is 18.2. The SMILES string of the molecule is c1ccc(-c2ccc(OCC3CO3)c(Cc3cc(-c4ccccc4)ccc3OCC3CO3)c2)cc1. The predicted octanol–water partition coefficient (Wildman–Crippen LogP) is 6.17. The molecule has 0 saturated carbocycles. The summed E-state index contributed by atoms with van der Waals surface area (Å²) in [5.41, 5.74) is 6.97. The van der Waals surface area contributed by atoms with Crippen LogP contribution in [0.4, 0.5) is 0 Å². The van der Waals surface area contributed by atoms with E-state index in [1.807, 2.05) is 12.1 Å². The van der Waals surface area contributed by atoms with E-state index < -0.39 is 0 Å². The molecule has 2 fully saturated rings. The van der Waals surface area contributed by atoms with Crippen molar-refractivity contribution in [1.82, 2.24) is 0 Å². The van der Waals surface area contributed by atoms with Gasteiger partial charge in [0.25, 0.3) is 0 Å². The maximum atomic E-state index is 6.20. The molecule has 4 heteroatoms. The van der Waals surface area contributed by atoms with Crippen molar-refractivity contribution in [2.75, 3.05) is 26.4 Å². The van der Waals surface area contributed by atoms with Crippen LogP contribution < -0.4 is 9.47 Å². The van der Waals surface area contributed by atoms with Crippen molar-refractivity contribution in [3.8, 4) is 33.8 Å². The molecule has 2 unspecified atom stereocenters. The molecule has 6 rings (SSSR count). The molecule has 2 saturated heterocycles. The van der Waals surface area contributed by atoms with Crippen molar-refractivity contribution in [3.05, 3.63) is 108 Å². The van der Waals surface area contributed by atoms with Gasteiger partial charge in [-0.15, -0.1) is 0 Å². The first-order valence-corrected chi connectivity index (χ1v) is 12.2. The Kier molecular flexibility index (Phi) is 6.22. The Bertz CT molecular complexity index is 1180. The minimum Gasteiger partial charge on any atom is -0.490 e. The number of hydrogen-bond acceptors (Lipinski definition) is 4. The van der Waals surface area contributed by atoms with E-state index in [-0.39, 0.29) is 12.2 Å². The third-order valence-electron chi connectivity index (χ3n) is 6.37. The first kappa shape index (κ1) is 21.9. The molecule has 0 spiro atoms. The molecular formula is C31H28O4. The predicted molar refractivity (Wildman–Crippen MR) is 137 cm³/mol. The Morgan fingerprint density at radius 3 is 1.37 bits per heavy atom. The summed E-state index contributed by atoms with van der Waals surface area (Å²) in [5, 5.41) is 0. The van der Waals surface area contributed by atoms with Crippen molar-refractivity contribution in [1.29, 1.82) is 0 Å². The monoisotopic (exact) mass is 464 g/mol. The topological polar surface area (TPSA) is 43.5 Å². The lowest BCUT2D eigenvalue weighted by molar-refractivity contribution is 0.259.